The van der Waals surface area contributed by atoms with Crippen LogP contribution in [0.3, 0.4) is 0 Å². The maximum atomic E-state index is 6.23. The number of halogens is 2. The Hall–Kier alpha value is -2.17. The highest BCUT2D eigenvalue weighted by Crippen LogP contribution is 2.38. The van der Waals surface area contributed by atoms with Crippen LogP contribution in [0.15, 0.2) is 65.1 Å². The second-order valence-corrected chi connectivity index (χ2v) is 7.70. The normalized spacial score (nSPS) is 10.6. The van der Waals surface area contributed by atoms with Crippen LogP contribution in [0.4, 0.5) is 5.69 Å². The molecule has 0 unspecified atom stereocenters. The Morgan fingerprint density at radius 3 is 2.46 bits per heavy atom. The summed E-state index contributed by atoms with van der Waals surface area (Å²) in [5, 5.41) is 4.13. The quantitative estimate of drug-likeness (QED) is 0.392. The van der Waals surface area contributed by atoms with Crippen molar-refractivity contribution in [1.29, 1.82) is 0 Å². The van der Waals surface area contributed by atoms with Crippen molar-refractivity contribution >= 4 is 33.2 Å². The first kappa shape index (κ1) is 20.6. The summed E-state index contributed by atoms with van der Waals surface area (Å²) >= 11 is 9.86. The number of rotatable bonds is 8. The van der Waals surface area contributed by atoms with Gasteiger partial charge < -0.3 is 14.8 Å². The topological polar surface area (TPSA) is 30.5 Å². The van der Waals surface area contributed by atoms with Crippen molar-refractivity contribution in [1.82, 2.24) is 0 Å². The van der Waals surface area contributed by atoms with E-state index < -0.39 is 0 Å². The van der Waals surface area contributed by atoms with Gasteiger partial charge in [0.1, 0.15) is 6.61 Å². The lowest BCUT2D eigenvalue weighted by Crippen LogP contribution is -2.04. The molecule has 0 aromatic heterocycles. The number of anilines is 1. The van der Waals surface area contributed by atoms with Gasteiger partial charge in [0.2, 0.25) is 0 Å². The van der Waals surface area contributed by atoms with E-state index in [1.165, 1.54) is 5.56 Å². The summed E-state index contributed by atoms with van der Waals surface area (Å²) in [5.74, 6) is 1.39. The van der Waals surface area contributed by atoms with E-state index in [1.54, 1.807) is 0 Å². The standard InChI is InChI=1S/C23H23BrClNO2/c1-3-27-22-13-17(14-26-19-10-8-16(2)9-11-19)12-20(24)23(22)28-15-18-6-4-5-7-21(18)25/h4-13,26H,3,14-15H2,1-2H3. The molecule has 3 nitrogen and oxygen atoms in total. The minimum atomic E-state index is 0.374. The van der Waals surface area contributed by atoms with Gasteiger partial charge in [0.05, 0.1) is 11.1 Å². The van der Waals surface area contributed by atoms with Crippen LogP contribution in [-0.4, -0.2) is 6.61 Å². The Kier molecular flexibility index (Phi) is 7.24. The predicted octanol–water partition coefficient (Wildman–Crippen LogP) is 7.00. The first-order valence-electron chi connectivity index (χ1n) is 9.18. The van der Waals surface area contributed by atoms with Gasteiger partial charge in [-0.3, -0.25) is 0 Å². The summed E-state index contributed by atoms with van der Waals surface area (Å²) in [5.41, 5.74) is 4.36. The number of aryl methyl sites for hydroxylation is 1. The van der Waals surface area contributed by atoms with Crippen LogP contribution in [0, 0.1) is 6.92 Å². The van der Waals surface area contributed by atoms with E-state index >= 15 is 0 Å². The van der Waals surface area contributed by atoms with E-state index in [9.17, 15) is 0 Å². The smallest absolute Gasteiger partial charge is 0.175 e. The molecule has 0 saturated heterocycles. The fourth-order valence-electron chi connectivity index (χ4n) is 2.77. The fourth-order valence-corrected chi connectivity index (χ4v) is 3.56. The average Bonchev–Trinajstić information content (AvgIpc) is 2.68. The van der Waals surface area contributed by atoms with Crippen LogP contribution in [-0.2, 0) is 13.2 Å². The third-order valence-corrected chi connectivity index (χ3v) is 5.20. The molecule has 0 heterocycles. The molecule has 5 heteroatoms. The summed E-state index contributed by atoms with van der Waals surface area (Å²) in [6, 6.07) is 20.1. The molecule has 0 bridgehead atoms. The highest BCUT2D eigenvalue weighted by Gasteiger charge is 2.13. The lowest BCUT2D eigenvalue weighted by molar-refractivity contribution is 0.267. The molecular weight excluding hydrogens is 438 g/mol. The van der Waals surface area contributed by atoms with Gasteiger partial charge in [-0.1, -0.05) is 47.5 Å². The second kappa shape index (κ2) is 9.85. The molecule has 3 rings (SSSR count). The van der Waals surface area contributed by atoms with Crippen molar-refractivity contribution in [2.75, 3.05) is 11.9 Å². The Balaban J connectivity index is 1.75. The molecule has 0 saturated carbocycles. The molecule has 0 fully saturated rings. The average molecular weight is 461 g/mol. The van der Waals surface area contributed by atoms with Crippen LogP contribution in [0.1, 0.15) is 23.6 Å². The molecule has 1 N–H and O–H groups in total. The van der Waals surface area contributed by atoms with Crippen molar-refractivity contribution in [2.45, 2.75) is 27.0 Å². The van der Waals surface area contributed by atoms with E-state index in [2.05, 4.69) is 52.4 Å². The lowest BCUT2D eigenvalue weighted by Gasteiger charge is -2.16. The fraction of sp³-hybridized carbons (Fsp3) is 0.217. The van der Waals surface area contributed by atoms with Gasteiger partial charge in [-0.15, -0.1) is 0 Å². The summed E-state index contributed by atoms with van der Waals surface area (Å²) in [7, 11) is 0. The van der Waals surface area contributed by atoms with E-state index in [-0.39, 0.29) is 0 Å². The van der Waals surface area contributed by atoms with Gasteiger partial charge >= 0.3 is 0 Å². The molecule has 0 aliphatic rings. The number of nitrogens with one attached hydrogen (secondary N) is 1. The third-order valence-electron chi connectivity index (χ3n) is 4.25. The second-order valence-electron chi connectivity index (χ2n) is 6.44. The highest BCUT2D eigenvalue weighted by molar-refractivity contribution is 9.10. The van der Waals surface area contributed by atoms with Gasteiger partial charge in [-0.05, 0) is 65.7 Å². The van der Waals surface area contributed by atoms with Crippen LogP contribution in [0.5, 0.6) is 11.5 Å². The summed E-state index contributed by atoms with van der Waals surface area (Å²) in [4.78, 5) is 0. The minimum absolute atomic E-state index is 0.374. The van der Waals surface area contributed by atoms with Gasteiger partial charge in [0, 0.05) is 22.8 Å². The van der Waals surface area contributed by atoms with Crippen molar-refractivity contribution in [3.8, 4) is 11.5 Å². The Bertz CT molecular complexity index is 928. The van der Waals surface area contributed by atoms with Crippen LogP contribution >= 0.6 is 27.5 Å². The van der Waals surface area contributed by atoms with Crippen molar-refractivity contribution in [3.63, 3.8) is 0 Å². The Morgan fingerprint density at radius 1 is 1.00 bits per heavy atom. The summed E-state index contributed by atoms with van der Waals surface area (Å²) < 4.78 is 12.7. The molecule has 3 aromatic carbocycles. The minimum Gasteiger partial charge on any atom is -0.490 e. The van der Waals surface area contributed by atoms with Gasteiger partial charge in [-0.2, -0.15) is 0 Å². The predicted molar refractivity (Wildman–Crippen MR) is 120 cm³/mol. The zero-order chi connectivity index (χ0) is 19.9. The molecule has 0 atom stereocenters. The van der Waals surface area contributed by atoms with Crippen molar-refractivity contribution in [3.05, 3.63) is 86.8 Å². The number of benzene rings is 3. The van der Waals surface area contributed by atoms with E-state index in [4.69, 9.17) is 21.1 Å². The van der Waals surface area contributed by atoms with Crippen molar-refractivity contribution in [2.24, 2.45) is 0 Å². The van der Waals surface area contributed by atoms with Crippen LogP contribution < -0.4 is 14.8 Å². The zero-order valence-electron chi connectivity index (χ0n) is 16.0. The molecule has 0 amide bonds. The summed E-state index contributed by atoms with van der Waals surface area (Å²) in [6.07, 6.45) is 0. The highest BCUT2D eigenvalue weighted by atomic mass is 79.9. The third kappa shape index (κ3) is 5.43. The molecule has 0 aliphatic carbocycles. The first-order valence-corrected chi connectivity index (χ1v) is 10.4. The largest absolute Gasteiger partial charge is 0.490 e. The molecule has 3 aromatic rings. The summed E-state index contributed by atoms with van der Waals surface area (Å²) in [6.45, 7) is 5.66. The van der Waals surface area contributed by atoms with Crippen molar-refractivity contribution < 1.29 is 9.47 Å². The maximum absolute atomic E-state index is 6.23. The lowest BCUT2D eigenvalue weighted by atomic mass is 10.1. The monoisotopic (exact) mass is 459 g/mol. The Morgan fingerprint density at radius 2 is 1.75 bits per heavy atom. The Labute approximate surface area is 179 Å². The van der Waals surface area contributed by atoms with Crippen LogP contribution in [0.2, 0.25) is 5.02 Å². The SMILES string of the molecule is CCOc1cc(CNc2ccc(C)cc2)cc(Br)c1OCc1ccccc1Cl. The van der Waals surface area contributed by atoms with Gasteiger partial charge in [0.25, 0.3) is 0 Å². The zero-order valence-corrected chi connectivity index (χ0v) is 18.3. The molecule has 0 radical (unpaired) electrons. The van der Waals surface area contributed by atoms with Gasteiger partial charge in [0.15, 0.2) is 11.5 Å². The number of hydrogen-bond donors (Lipinski definition) is 1. The molecule has 146 valence electrons. The van der Waals surface area contributed by atoms with E-state index in [0.717, 1.165) is 21.3 Å². The molecule has 28 heavy (non-hydrogen) atoms. The number of ether oxygens (including phenoxy) is 2. The molecule has 0 aliphatic heterocycles. The van der Waals surface area contributed by atoms with Gasteiger partial charge in [-0.25, -0.2) is 0 Å². The molecule has 0 spiro atoms. The maximum Gasteiger partial charge on any atom is 0.175 e. The van der Waals surface area contributed by atoms with Crippen LogP contribution in [0.25, 0.3) is 0 Å². The van der Waals surface area contributed by atoms with E-state index in [0.29, 0.717) is 36.3 Å². The molecular formula is C23H23BrClNO2. The first-order chi connectivity index (χ1) is 13.6. The number of hydrogen-bond acceptors (Lipinski definition) is 3. The van der Waals surface area contributed by atoms with E-state index in [1.807, 2.05) is 43.3 Å².